The molecule has 2 aliphatic rings. The number of fused-ring (bicyclic) bond motifs is 1. The summed E-state index contributed by atoms with van der Waals surface area (Å²) in [5.41, 5.74) is -2.28. The van der Waals surface area contributed by atoms with Gasteiger partial charge in [0.1, 0.15) is 5.60 Å². The summed E-state index contributed by atoms with van der Waals surface area (Å²) in [5, 5.41) is 21.1. The first-order valence-corrected chi connectivity index (χ1v) is 7.09. The van der Waals surface area contributed by atoms with E-state index in [2.05, 4.69) is 6.92 Å². The second-order valence-electron chi connectivity index (χ2n) is 7.23. The first-order chi connectivity index (χ1) is 8.11. The van der Waals surface area contributed by atoms with E-state index in [-0.39, 0.29) is 17.1 Å². The first-order valence-electron chi connectivity index (χ1n) is 7.09. The number of ketones is 1. The summed E-state index contributed by atoms with van der Waals surface area (Å²) in [7, 11) is 0. The van der Waals surface area contributed by atoms with Crippen LogP contribution in [0.3, 0.4) is 0 Å². The fourth-order valence-electron chi connectivity index (χ4n) is 3.99. The highest BCUT2D eigenvalue weighted by Crippen LogP contribution is 2.57. The number of rotatable bonds is 1. The van der Waals surface area contributed by atoms with Crippen molar-refractivity contribution >= 4 is 5.78 Å². The topological polar surface area (TPSA) is 57.5 Å². The Labute approximate surface area is 110 Å². The van der Waals surface area contributed by atoms with Crippen molar-refractivity contribution in [3.05, 3.63) is 0 Å². The zero-order valence-corrected chi connectivity index (χ0v) is 12.0. The van der Waals surface area contributed by atoms with Gasteiger partial charge in [-0.2, -0.15) is 0 Å². The van der Waals surface area contributed by atoms with Crippen LogP contribution in [0.5, 0.6) is 0 Å². The molecule has 0 heterocycles. The molecule has 0 unspecified atom stereocenters. The number of carbonyl (C=O) groups excluding carboxylic acids is 1. The fourth-order valence-corrected chi connectivity index (χ4v) is 3.99. The quantitative estimate of drug-likeness (QED) is 0.755. The molecule has 2 saturated carbocycles. The van der Waals surface area contributed by atoms with Gasteiger partial charge in [-0.3, -0.25) is 4.79 Å². The Hall–Kier alpha value is -0.410. The minimum atomic E-state index is -1.16. The zero-order chi connectivity index (χ0) is 13.8. The van der Waals surface area contributed by atoms with Gasteiger partial charge in [0, 0.05) is 11.8 Å². The molecule has 0 aromatic carbocycles. The van der Waals surface area contributed by atoms with Crippen LogP contribution in [0.1, 0.15) is 59.8 Å². The summed E-state index contributed by atoms with van der Waals surface area (Å²) in [6, 6.07) is 0. The van der Waals surface area contributed by atoms with Crippen molar-refractivity contribution in [1.82, 2.24) is 0 Å². The molecule has 0 aromatic heterocycles. The first kappa shape index (κ1) is 14.0. The third-order valence-electron chi connectivity index (χ3n) is 5.82. The van der Waals surface area contributed by atoms with E-state index in [9.17, 15) is 15.0 Å². The van der Waals surface area contributed by atoms with Crippen LogP contribution < -0.4 is 0 Å². The van der Waals surface area contributed by atoms with Gasteiger partial charge < -0.3 is 10.2 Å². The third-order valence-corrected chi connectivity index (χ3v) is 5.82. The number of hydrogen-bond acceptors (Lipinski definition) is 3. The van der Waals surface area contributed by atoms with Crippen LogP contribution in [0.4, 0.5) is 0 Å². The number of carbonyl (C=O) groups is 1. The summed E-state index contributed by atoms with van der Waals surface area (Å²) in [6.07, 6.45) is 3.33. The minimum Gasteiger partial charge on any atom is -0.390 e. The molecule has 2 rings (SSSR count). The molecule has 104 valence electrons. The van der Waals surface area contributed by atoms with Gasteiger partial charge in [0.25, 0.3) is 0 Å². The van der Waals surface area contributed by atoms with E-state index in [1.165, 1.54) is 0 Å². The van der Waals surface area contributed by atoms with Gasteiger partial charge >= 0.3 is 0 Å². The molecule has 0 radical (unpaired) electrons. The molecule has 2 fully saturated rings. The molecule has 18 heavy (non-hydrogen) atoms. The van der Waals surface area contributed by atoms with E-state index in [4.69, 9.17) is 0 Å². The molecule has 2 N–H and O–H groups in total. The lowest BCUT2D eigenvalue weighted by atomic mass is 9.50. The Morgan fingerprint density at radius 1 is 1.33 bits per heavy atom. The molecule has 4 atom stereocenters. The maximum atomic E-state index is 12.1. The van der Waals surface area contributed by atoms with Crippen molar-refractivity contribution in [3.8, 4) is 0 Å². The zero-order valence-electron chi connectivity index (χ0n) is 12.0. The predicted molar refractivity (Wildman–Crippen MR) is 70.1 cm³/mol. The second-order valence-corrected chi connectivity index (χ2v) is 7.23. The molecular formula is C15H26O3. The van der Waals surface area contributed by atoms with Crippen molar-refractivity contribution in [2.45, 2.75) is 71.0 Å². The summed E-state index contributed by atoms with van der Waals surface area (Å²) in [5.74, 6) is 0.499. The highest BCUT2D eigenvalue weighted by atomic mass is 16.3. The summed E-state index contributed by atoms with van der Waals surface area (Å²) < 4.78 is 0. The molecule has 3 heteroatoms. The van der Waals surface area contributed by atoms with Crippen LogP contribution >= 0.6 is 0 Å². The lowest BCUT2D eigenvalue weighted by Gasteiger charge is -2.57. The van der Waals surface area contributed by atoms with E-state index in [0.29, 0.717) is 18.8 Å². The Kier molecular flexibility index (Phi) is 3.14. The van der Waals surface area contributed by atoms with Crippen LogP contribution in [0.15, 0.2) is 0 Å². The van der Waals surface area contributed by atoms with Crippen molar-refractivity contribution < 1.29 is 15.0 Å². The highest BCUT2D eigenvalue weighted by molar-refractivity contribution is 5.89. The van der Waals surface area contributed by atoms with Crippen LogP contribution in [0.2, 0.25) is 0 Å². The third kappa shape index (κ3) is 1.83. The van der Waals surface area contributed by atoms with E-state index < -0.39 is 11.2 Å². The van der Waals surface area contributed by atoms with Crippen LogP contribution in [0, 0.1) is 17.3 Å². The standard InChI is InChI=1S/C15H26O3/c1-10-5-6-12(16)15(18)8-7-11(13(2,3)17)9-14(10,15)4/h10-11,17-18H,5-9H2,1-4H3/t10-,11-,14+,15-/m1/s1. The monoisotopic (exact) mass is 254 g/mol. The van der Waals surface area contributed by atoms with Crippen molar-refractivity contribution in [3.63, 3.8) is 0 Å². The van der Waals surface area contributed by atoms with Crippen LogP contribution in [-0.2, 0) is 4.79 Å². The highest BCUT2D eigenvalue weighted by Gasteiger charge is 2.60. The molecule has 0 aromatic rings. The van der Waals surface area contributed by atoms with Gasteiger partial charge in [0.05, 0.1) is 5.60 Å². The molecule has 0 amide bonds. The van der Waals surface area contributed by atoms with Crippen LogP contribution in [-0.4, -0.2) is 27.2 Å². The van der Waals surface area contributed by atoms with E-state index in [0.717, 1.165) is 19.3 Å². The number of Topliss-reactive ketones (excluding diaryl/α,β-unsaturated/α-hetero) is 1. The average molecular weight is 254 g/mol. The van der Waals surface area contributed by atoms with Crippen LogP contribution in [0.25, 0.3) is 0 Å². The average Bonchev–Trinajstić information content (AvgIpc) is 2.26. The van der Waals surface area contributed by atoms with Crippen molar-refractivity contribution in [1.29, 1.82) is 0 Å². The van der Waals surface area contributed by atoms with Gasteiger partial charge in [-0.25, -0.2) is 0 Å². The Balaban J connectivity index is 2.34. The smallest absolute Gasteiger partial charge is 0.164 e. The molecule has 0 bridgehead atoms. The lowest BCUT2D eigenvalue weighted by molar-refractivity contribution is -0.191. The van der Waals surface area contributed by atoms with Gasteiger partial charge in [-0.1, -0.05) is 13.8 Å². The molecule has 0 spiro atoms. The predicted octanol–water partition coefficient (Wildman–Crippen LogP) is 2.29. The Morgan fingerprint density at radius 2 is 1.94 bits per heavy atom. The largest absolute Gasteiger partial charge is 0.390 e. The van der Waals surface area contributed by atoms with Gasteiger partial charge in [0.2, 0.25) is 0 Å². The van der Waals surface area contributed by atoms with E-state index in [1.807, 2.05) is 20.8 Å². The van der Waals surface area contributed by atoms with Crippen molar-refractivity contribution in [2.75, 3.05) is 0 Å². The molecule has 0 aliphatic heterocycles. The maximum absolute atomic E-state index is 12.1. The van der Waals surface area contributed by atoms with Gasteiger partial charge in [-0.15, -0.1) is 0 Å². The second kappa shape index (κ2) is 4.04. The van der Waals surface area contributed by atoms with E-state index in [1.54, 1.807) is 0 Å². The van der Waals surface area contributed by atoms with Crippen molar-refractivity contribution in [2.24, 2.45) is 17.3 Å². The fraction of sp³-hybridized carbons (Fsp3) is 0.933. The summed E-state index contributed by atoms with van der Waals surface area (Å²) in [4.78, 5) is 12.1. The molecule has 0 saturated heterocycles. The minimum absolute atomic E-state index is 0.0114. The summed E-state index contributed by atoms with van der Waals surface area (Å²) >= 11 is 0. The Morgan fingerprint density at radius 3 is 2.50 bits per heavy atom. The number of aliphatic hydroxyl groups is 2. The summed E-state index contributed by atoms with van der Waals surface area (Å²) in [6.45, 7) is 7.83. The normalized spacial score (nSPS) is 45.8. The maximum Gasteiger partial charge on any atom is 0.164 e. The SMILES string of the molecule is C[C@@H]1CCC(=O)[C@]2(O)CC[C@@H](C(C)(C)O)C[C@@]12C. The molecule has 2 aliphatic carbocycles. The Bertz CT molecular complexity index is 357. The van der Waals surface area contributed by atoms with E-state index >= 15 is 0 Å². The number of hydrogen-bond donors (Lipinski definition) is 2. The van der Waals surface area contributed by atoms with Gasteiger partial charge in [-0.05, 0) is 51.4 Å². The molecular weight excluding hydrogens is 228 g/mol. The van der Waals surface area contributed by atoms with Gasteiger partial charge in [0.15, 0.2) is 5.78 Å². The molecule has 3 nitrogen and oxygen atoms in total. The lowest BCUT2D eigenvalue weighted by Crippen LogP contribution is -2.62.